The molecule has 134 valence electrons. The lowest BCUT2D eigenvalue weighted by molar-refractivity contribution is 0.203. The summed E-state index contributed by atoms with van der Waals surface area (Å²) >= 11 is 1.50. The number of nitrogens with one attached hydrogen (secondary N) is 1. The van der Waals surface area contributed by atoms with E-state index in [-0.39, 0.29) is 10.9 Å². The third-order valence-electron chi connectivity index (χ3n) is 3.77. The number of rotatable bonds is 7. The number of hydrogen-bond donors (Lipinski definition) is 2. The van der Waals surface area contributed by atoms with Crippen molar-refractivity contribution >= 4 is 21.4 Å². The molecule has 0 spiro atoms. The maximum Gasteiger partial charge on any atom is 0.244 e. The van der Waals surface area contributed by atoms with Crippen molar-refractivity contribution in [1.29, 1.82) is 0 Å². The number of hydrogen-bond acceptors (Lipinski definition) is 5. The van der Waals surface area contributed by atoms with Gasteiger partial charge in [-0.3, -0.25) is 4.68 Å². The van der Waals surface area contributed by atoms with Crippen LogP contribution in [0.1, 0.15) is 54.1 Å². The van der Waals surface area contributed by atoms with Crippen molar-refractivity contribution in [1.82, 2.24) is 14.5 Å². The van der Waals surface area contributed by atoms with Gasteiger partial charge in [0.15, 0.2) is 0 Å². The summed E-state index contributed by atoms with van der Waals surface area (Å²) in [6, 6.07) is 3.91. The Balaban J connectivity index is 2.09. The minimum Gasteiger partial charge on any atom is -0.388 e. The second kappa shape index (κ2) is 7.35. The van der Waals surface area contributed by atoms with E-state index in [0.717, 1.165) is 9.75 Å². The maximum atomic E-state index is 12.6. The second-order valence-electron chi connectivity index (χ2n) is 6.17. The molecule has 2 aromatic rings. The Morgan fingerprint density at radius 1 is 1.29 bits per heavy atom. The van der Waals surface area contributed by atoms with Crippen molar-refractivity contribution in [2.75, 3.05) is 6.54 Å². The van der Waals surface area contributed by atoms with Crippen molar-refractivity contribution in [2.45, 2.75) is 58.1 Å². The predicted octanol–water partition coefficient (Wildman–Crippen LogP) is 2.72. The first-order valence-electron chi connectivity index (χ1n) is 7.95. The van der Waals surface area contributed by atoms with Crippen LogP contribution in [-0.2, 0) is 16.4 Å². The Labute approximate surface area is 147 Å². The fourth-order valence-corrected chi connectivity index (χ4v) is 5.05. The number of sulfonamides is 1. The van der Waals surface area contributed by atoms with Crippen molar-refractivity contribution in [2.24, 2.45) is 0 Å². The molecule has 2 heterocycles. The van der Waals surface area contributed by atoms with Crippen LogP contribution in [0, 0.1) is 13.8 Å². The van der Waals surface area contributed by atoms with Crippen LogP contribution >= 0.6 is 11.3 Å². The van der Waals surface area contributed by atoms with Crippen molar-refractivity contribution in [3.8, 4) is 0 Å². The fraction of sp³-hybridized carbons (Fsp3) is 0.562. The van der Waals surface area contributed by atoms with Crippen molar-refractivity contribution < 1.29 is 13.5 Å². The highest BCUT2D eigenvalue weighted by atomic mass is 32.2. The minimum atomic E-state index is -3.59. The molecule has 0 amide bonds. The fourth-order valence-electron chi connectivity index (χ4n) is 2.67. The van der Waals surface area contributed by atoms with Gasteiger partial charge >= 0.3 is 0 Å². The molecule has 0 bridgehead atoms. The van der Waals surface area contributed by atoms with Gasteiger partial charge in [-0.25, -0.2) is 13.1 Å². The van der Waals surface area contributed by atoms with Crippen molar-refractivity contribution in [3.05, 3.63) is 33.3 Å². The molecule has 2 N–H and O–H groups in total. The Kier molecular flexibility index (Phi) is 5.85. The number of aryl methyl sites for hydroxylation is 1. The summed E-state index contributed by atoms with van der Waals surface area (Å²) in [6.07, 6.45) is 0.0974. The molecule has 0 aliphatic rings. The first-order chi connectivity index (χ1) is 11.1. The van der Waals surface area contributed by atoms with E-state index >= 15 is 0 Å². The zero-order chi connectivity index (χ0) is 18.1. The largest absolute Gasteiger partial charge is 0.388 e. The van der Waals surface area contributed by atoms with Gasteiger partial charge in [-0.2, -0.15) is 5.10 Å². The van der Waals surface area contributed by atoms with Crippen LogP contribution < -0.4 is 4.72 Å². The van der Waals surface area contributed by atoms with Gasteiger partial charge in [-0.1, -0.05) is 0 Å². The molecule has 0 saturated heterocycles. The molecule has 6 nitrogen and oxygen atoms in total. The van der Waals surface area contributed by atoms with Crippen LogP contribution in [0.5, 0.6) is 0 Å². The molecule has 1 atom stereocenters. The Morgan fingerprint density at radius 3 is 2.46 bits per heavy atom. The Bertz CT molecular complexity index is 805. The van der Waals surface area contributed by atoms with Gasteiger partial charge in [0.2, 0.25) is 10.0 Å². The molecule has 1 unspecified atom stereocenters. The average Bonchev–Trinajstić information content (AvgIpc) is 3.03. The molecule has 0 radical (unpaired) electrons. The molecule has 0 aromatic carbocycles. The number of aliphatic hydroxyl groups excluding tert-OH is 1. The Morgan fingerprint density at radius 2 is 1.96 bits per heavy atom. The summed E-state index contributed by atoms with van der Waals surface area (Å²) < 4.78 is 29.6. The molecular formula is C16H25N3O3S2. The molecule has 8 heteroatoms. The van der Waals surface area contributed by atoms with E-state index in [4.69, 9.17) is 0 Å². The maximum absolute atomic E-state index is 12.6. The summed E-state index contributed by atoms with van der Waals surface area (Å²) in [6.45, 7) is 9.47. The second-order valence-corrected chi connectivity index (χ2v) is 9.07. The zero-order valence-corrected chi connectivity index (χ0v) is 16.3. The quantitative estimate of drug-likeness (QED) is 0.784. The molecule has 0 fully saturated rings. The van der Waals surface area contributed by atoms with E-state index in [0.29, 0.717) is 24.4 Å². The molecule has 0 aliphatic heterocycles. The van der Waals surface area contributed by atoms with Gasteiger partial charge in [-0.15, -0.1) is 11.3 Å². The summed E-state index contributed by atoms with van der Waals surface area (Å²) in [5, 5.41) is 13.9. The summed E-state index contributed by atoms with van der Waals surface area (Å²) in [5.74, 6) is 0. The lowest BCUT2D eigenvalue weighted by atomic mass is 10.3. The first kappa shape index (κ1) is 19.1. The standard InChI is InChI=1S/C16H25N3O3S2/c1-10(2)19-12(4)16(11(3)18-19)24(21,22)17-9-8-14-6-7-15(23-14)13(5)20/h6-7,10,13,17,20H,8-9H2,1-5H3. The SMILES string of the molecule is Cc1nn(C(C)C)c(C)c1S(=O)(=O)NCCc1ccc(C(C)O)s1. The van der Waals surface area contributed by atoms with Crippen LogP contribution in [0.15, 0.2) is 17.0 Å². The van der Waals surface area contributed by atoms with E-state index in [2.05, 4.69) is 9.82 Å². The van der Waals surface area contributed by atoms with Gasteiger partial charge in [0.25, 0.3) is 0 Å². The van der Waals surface area contributed by atoms with E-state index < -0.39 is 16.1 Å². The highest BCUT2D eigenvalue weighted by Gasteiger charge is 2.25. The number of thiophene rings is 1. The van der Waals surface area contributed by atoms with Crippen molar-refractivity contribution in [3.63, 3.8) is 0 Å². The van der Waals surface area contributed by atoms with Crippen LogP contribution in [0.2, 0.25) is 0 Å². The van der Waals surface area contributed by atoms with Gasteiger partial charge in [0.1, 0.15) is 4.90 Å². The number of nitrogens with zero attached hydrogens (tertiary/aromatic N) is 2. The topological polar surface area (TPSA) is 84.2 Å². The average molecular weight is 372 g/mol. The third kappa shape index (κ3) is 4.05. The van der Waals surface area contributed by atoms with E-state index in [1.54, 1.807) is 25.5 Å². The highest BCUT2D eigenvalue weighted by molar-refractivity contribution is 7.89. The lowest BCUT2D eigenvalue weighted by Gasteiger charge is -2.09. The van der Waals surface area contributed by atoms with Crippen LogP contribution in [-0.4, -0.2) is 29.8 Å². The monoisotopic (exact) mass is 371 g/mol. The minimum absolute atomic E-state index is 0.109. The Hall–Kier alpha value is -1.22. The van der Waals surface area contributed by atoms with E-state index in [9.17, 15) is 13.5 Å². The summed E-state index contributed by atoms with van der Waals surface area (Å²) in [7, 11) is -3.59. The molecule has 0 saturated carbocycles. The smallest absolute Gasteiger partial charge is 0.244 e. The molecule has 2 aromatic heterocycles. The predicted molar refractivity (Wildman–Crippen MR) is 95.9 cm³/mol. The van der Waals surface area contributed by atoms with Gasteiger partial charge in [0.05, 0.1) is 17.5 Å². The van der Waals surface area contributed by atoms with Gasteiger partial charge in [-0.05, 0) is 53.2 Å². The van der Waals surface area contributed by atoms with Gasteiger partial charge < -0.3 is 5.11 Å². The molecule has 2 rings (SSSR count). The van der Waals surface area contributed by atoms with E-state index in [1.807, 2.05) is 26.0 Å². The molecular weight excluding hydrogens is 346 g/mol. The number of aliphatic hydroxyl groups is 1. The van der Waals surface area contributed by atoms with Crippen LogP contribution in [0.25, 0.3) is 0 Å². The normalized spacial score (nSPS) is 13.6. The highest BCUT2D eigenvalue weighted by Crippen LogP contribution is 2.24. The molecule has 0 aliphatic carbocycles. The molecule has 24 heavy (non-hydrogen) atoms. The number of aromatic nitrogens is 2. The summed E-state index contributed by atoms with van der Waals surface area (Å²) in [5.41, 5.74) is 1.17. The van der Waals surface area contributed by atoms with Crippen LogP contribution in [0.3, 0.4) is 0 Å². The van der Waals surface area contributed by atoms with Crippen LogP contribution in [0.4, 0.5) is 0 Å². The van der Waals surface area contributed by atoms with Gasteiger partial charge in [0, 0.05) is 22.3 Å². The van der Waals surface area contributed by atoms with E-state index in [1.165, 1.54) is 11.3 Å². The lowest BCUT2D eigenvalue weighted by Crippen LogP contribution is -2.26. The first-order valence-corrected chi connectivity index (χ1v) is 10.3. The third-order valence-corrected chi connectivity index (χ3v) is 6.80. The summed E-state index contributed by atoms with van der Waals surface area (Å²) in [4.78, 5) is 2.20. The zero-order valence-electron chi connectivity index (χ0n) is 14.7.